The highest BCUT2D eigenvalue weighted by Crippen LogP contribution is 2.21. The Morgan fingerprint density at radius 3 is 2.27 bits per heavy atom. The molecule has 0 saturated carbocycles. The number of hydrogen-bond acceptors (Lipinski definition) is 4. The molecular weight excluding hydrogens is 384 g/mol. The fourth-order valence-electron chi connectivity index (χ4n) is 2.85. The topological polar surface area (TPSA) is 105 Å². The first-order valence-corrected chi connectivity index (χ1v) is 9.26. The number of nitrogens with one attached hydrogen (secondary N) is 2. The van der Waals surface area contributed by atoms with Gasteiger partial charge >= 0.3 is 5.97 Å². The maximum absolute atomic E-state index is 12.6. The summed E-state index contributed by atoms with van der Waals surface area (Å²) in [6, 6.07) is 19.4. The summed E-state index contributed by atoms with van der Waals surface area (Å²) in [6.07, 6.45) is 0. The van der Waals surface area contributed by atoms with Gasteiger partial charge < -0.3 is 20.5 Å². The van der Waals surface area contributed by atoms with Crippen LogP contribution in [0.1, 0.15) is 38.0 Å². The molecule has 3 aromatic carbocycles. The summed E-state index contributed by atoms with van der Waals surface area (Å²) in [5.41, 5.74) is 1.25. The van der Waals surface area contributed by atoms with Gasteiger partial charge in [-0.2, -0.15) is 0 Å². The van der Waals surface area contributed by atoms with E-state index in [1.165, 1.54) is 18.2 Å². The number of amides is 2. The van der Waals surface area contributed by atoms with Crippen molar-refractivity contribution in [3.05, 3.63) is 89.5 Å². The summed E-state index contributed by atoms with van der Waals surface area (Å²) in [4.78, 5) is 36.6. The molecule has 0 fully saturated rings. The average Bonchev–Trinajstić information content (AvgIpc) is 2.74. The van der Waals surface area contributed by atoms with Crippen LogP contribution in [0.2, 0.25) is 0 Å². The Labute approximate surface area is 173 Å². The fraction of sp³-hybridized carbons (Fsp3) is 0.0870. The summed E-state index contributed by atoms with van der Waals surface area (Å²) >= 11 is 0. The third-order valence-corrected chi connectivity index (χ3v) is 4.22. The Bertz CT molecular complexity index is 1090. The molecule has 0 aliphatic carbocycles. The van der Waals surface area contributed by atoms with Crippen LogP contribution in [-0.2, 0) is 0 Å². The molecule has 0 heterocycles. The molecule has 0 radical (unpaired) electrons. The summed E-state index contributed by atoms with van der Waals surface area (Å²) in [5.74, 6) is -1.53. The lowest BCUT2D eigenvalue weighted by Gasteiger charge is -2.12. The highest BCUT2D eigenvalue weighted by molar-refractivity contribution is 6.09. The predicted octanol–water partition coefficient (Wildman–Crippen LogP) is 4.29. The number of anilines is 2. The number of hydrogen-bond donors (Lipinski definition) is 3. The number of benzene rings is 3. The van der Waals surface area contributed by atoms with Crippen LogP contribution in [0, 0.1) is 0 Å². The molecule has 7 nitrogen and oxygen atoms in total. The van der Waals surface area contributed by atoms with E-state index >= 15 is 0 Å². The van der Waals surface area contributed by atoms with E-state index in [0.717, 1.165) is 0 Å². The number of aromatic carboxylic acids is 1. The highest BCUT2D eigenvalue weighted by Gasteiger charge is 2.15. The van der Waals surface area contributed by atoms with Crippen molar-refractivity contribution in [3.63, 3.8) is 0 Å². The van der Waals surface area contributed by atoms with Gasteiger partial charge in [0.2, 0.25) is 0 Å². The lowest BCUT2D eigenvalue weighted by Crippen LogP contribution is -2.16. The minimum Gasteiger partial charge on any atom is -0.493 e. The van der Waals surface area contributed by atoms with Crippen molar-refractivity contribution in [2.45, 2.75) is 6.92 Å². The molecule has 0 aliphatic heterocycles. The molecule has 0 atom stereocenters. The molecular formula is C23H20N2O5. The first-order chi connectivity index (χ1) is 14.5. The largest absolute Gasteiger partial charge is 0.493 e. The number of para-hydroxylation sites is 2. The first kappa shape index (κ1) is 20.6. The van der Waals surface area contributed by atoms with Crippen molar-refractivity contribution >= 4 is 29.2 Å². The second-order valence-corrected chi connectivity index (χ2v) is 6.27. The Kier molecular flexibility index (Phi) is 6.44. The van der Waals surface area contributed by atoms with E-state index in [-0.39, 0.29) is 22.7 Å². The standard InChI is InChI=1S/C23H20N2O5/c1-2-30-20-13-6-4-11-18(20)22(27)24-16-9-7-8-15(14-16)21(26)25-19-12-5-3-10-17(19)23(28)29/h3-14H,2H2,1H3,(H,24,27)(H,25,26)(H,28,29). The molecule has 0 unspecified atom stereocenters. The number of carbonyl (C=O) groups excluding carboxylic acids is 2. The van der Waals surface area contributed by atoms with Crippen LogP contribution in [0.4, 0.5) is 11.4 Å². The lowest BCUT2D eigenvalue weighted by atomic mass is 10.1. The number of rotatable bonds is 7. The van der Waals surface area contributed by atoms with Gasteiger partial charge in [-0.05, 0) is 49.4 Å². The van der Waals surface area contributed by atoms with Gasteiger partial charge in [0.1, 0.15) is 5.75 Å². The van der Waals surface area contributed by atoms with Crippen LogP contribution in [0.5, 0.6) is 5.75 Å². The van der Waals surface area contributed by atoms with Gasteiger partial charge in [-0.15, -0.1) is 0 Å². The normalized spacial score (nSPS) is 10.2. The van der Waals surface area contributed by atoms with Crippen molar-refractivity contribution in [2.75, 3.05) is 17.2 Å². The van der Waals surface area contributed by atoms with E-state index in [1.807, 2.05) is 6.92 Å². The van der Waals surface area contributed by atoms with Crippen molar-refractivity contribution in [1.82, 2.24) is 0 Å². The van der Waals surface area contributed by atoms with Gasteiger partial charge in [0, 0.05) is 11.3 Å². The molecule has 2 amide bonds. The van der Waals surface area contributed by atoms with Crippen LogP contribution in [-0.4, -0.2) is 29.5 Å². The van der Waals surface area contributed by atoms with Gasteiger partial charge in [-0.1, -0.05) is 30.3 Å². The molecule has 30 heavy (non-hydrogen) atoms. The molecule has 3 N–H and O–H groups in total. The zero-order valence-electron chi connectivity index (χ0n) is 16.2. The van der Waals surface area contributed by atoms with Crippen LogP contribution >= 0.6 is 0 Å². The molecule has 3 aromatic rings. The van der Waals surface area contributed by atoms with Crippen LogP contribution in [0.3, 0.4) is 0 Å². The summed E-state index contributed by atoms with van der Waals surface area (Å²) in [7, 11) is 0. The van der Waals surface area contributed by atoms with Gasteiger partial charge in [-0.25, -0.2) is 4.79 Å². The highest BCUT2D eigenvalue weighted by atomic mass is 16.5. The molecule has 0 saturated heterocycles. The minimum atomic E-state index is -1.14. The molecule has 0 spiro atoms. The monoisotopic (exact) mass is 404 g/mol. The SMILES string of the molecule is CCOc1ccccc1C(=O)Nc1cccc(C(=O)Nc2ccccc2C(=O)O)c1. The van der Waals surface area contributed by atoms with Gasteiger partial charge in [-0.3, -0.25) is 9.59 Å². The van der Waals surface area contributed by atoms with E-state index in [9.17, 15) is 19.5 Å². The second kappa shape index (κ2) is 9.38. The molecule has 3 rings (SSSR count). The summed E-state index contributed by atoms with van der Waals surface area (Å²) in [5, 5.41) is 14.6. The Morgan fingerprint density at radius 2 is 1.53 bits per heavy atom. The molecule has 0 aromatic heterocycles. The van der Waals surface area contributed by atoms with Crippen molar-refractivity contribution in [1.29, 1.82) is 0 Å². The number of carboxylic acid groups (broad SMARTS) is 1. The molecule has 152 valence electrons. The molecule has 7 heteroatoms. The number of carboxylic acids is 1. The van der Waals surface area contributed by atoms with E-state index in [2.05, 4.69) is 10.6 Å². The third-order valence-electron chi connectivity index (χ3n) is 4.22. The van der Waals surface area contributed by atoms with Crippen molar-refractivity contribution < 1.29 is 24.2 Å². The quantitative estimate of drug-likeness (QED) is 0.545. The van der Waals surface area contributed by atoms with E-state index < -0.39 is 11.9 Å². The van der Waals surface area contributed by atoms with Crippen molar-refractivity contribution in [2.24, 2.45) is 0 Å². The minimum absolute atomic E-state index is 0.0113. The first-order valence-electron chi connectivity index (χ1n) is 9.26. The smallest absolute Gasteiger partial charge is 0.337 e. The predicted molar refractivity (Wildman–Crippen MR) is 113 cm³/mol. The maximum Gasteiger partial charge on any atom is 0.337 e. The molecule has 0 aliphatic rings. The second-order valence-electron chi connectivity index (χ2n) is 6.27. The van der Waals surface area contributed by atoms with Gasteiger partial charge in [0.25, 0.3) is 11.8 Å². The number of carbonyl (C=O) groups is 3. The maximum atomic E-state index is 12.6. The zero-order valence-corrected chi connectivity index (χ0v) is 16.2. The Morgan fingerprint density at radius 1 is 0.833 bits per heavy atom. The van der Waals surface area contributed by atoms with Crippen LogP contribution in [0.25, 0.3) is 0 Å². The number of ether oxygens (including phenoxy) is 1. The Balaban J connectivity index is 1.77. The van der Waals surface area contributed by atoms with Gasteiger partial charge in [0.15, 0.2) is 0 Å². The third kappa shape index (κ3) is 4.82. The fourth-order valence-corrected chi connectivity index (χ4v) is 2.85. The van der Waals surface area contributed by atoms with Crippen LogP contribution < -0.4 is 15.4 Å². The lowest BCUT2D eigenvalue weighted by molar-refractivity contribution is 0.0697. The molecule has 0 bridgehead atoms. The van der Waals surface area contributed by atoms with Gasteiger partial charge in [0.05, 0.1) is 23.4 Å². The van der Waals surface area contributed by atoms with E-state index in [4.69, 9.17) is 4.74 Å². The van der Waals surface area contributed by atoms with E-state index in [0.29, 0.717) is 23.6 Å². The summed E-state index contributed by atoms with van der Waals surface area (Å²) < 4.78 is 5.48. The van der Waals surface area contributed by atoms with Crippen molar-refractivity contribution in [3.8, 4) is 5.75 Å². The Hall–Kier alpha value is -4.13. The van der Waals surface area contributed by atoms with Crippen LogP contribution in [0.15, 0.2) is 72.8 Å². The summed E-state index contributed by atoms with van der Waals surface area (Å²) in [6.45, 7) is 2.26. The van der Waals surface area contributed by atoms with E-state index in [1.54, 1.807) is 54.6 Å². The zero-order chi connectivity index (χ0) is 21.5. The average molecular weight is 404 g/mol.